The van der Waals surface area contributed by atoms with Crippen LogP contribution in [0.5, 0.6) is 0 Å². The molecule has 0 saturated heterocycles. The molecule has 0 radical (unpaired) electrons. The molecule has 1 atom stereocenters. The van der Waals surface area contributed by atoms with Crippen molar-refractivity contribution in [1.82, 2.24) is 10.6 Å². The van der Waals surface area contributed by atoms with Gasteiger partial charge in [-0.1, -0.05) is 29.8 Å². The van der Waals surface area contributed by atoms with Crippen molar-refractivity contribution in [2.24, 2.45) is 0 Å². The van der Waals surface area contributed by atoms with Gasteiger partial charge in [-0.25, -0.2) is 0 Å². The molecule has 0 saturated carbocycles. The summed E-state index contributed by atoms with van der Waals surface area (Å²) in [6.45, 7) is -0.192. The summed E-state index contributed by atoms with van der Waals surface area (Å²) in [5.41, 5.74) is 0.715. The molecule has 0 spiro atoms. The third kappa shape index (κ3) is 5.88. The Balaban J connectivity index is 1.97. The molecule has 1 aromatic carbocycles. The Morgan fingerprint density at radius 1 is 1.20 bits per heavy atom. The summed E-state index contributed by atoms with van der Waals surface area (Å²) in [6, 6.07) is 9.65. The van der Waals surface area contributed by atoms with E-state index in [0.29, 0.717) is 15.5 Å². The van der Waals surface area contributed by atoms with E-state index in [-0.39, 0.29) is 18.9 Å². The van der Waals surface area contributed by atoms with Crippen molar-refractivity contribution < 1.29 is 19.1 Å². The first-order valence-corrected chi connectivity index (χ1v) is 8.68. The maximum atomic E-state index is 12.1. The Kier molecular flexibility index (Phi) is 6.97. The Bertz CT molecular complexity index is 732. The number of rotatable bonds is 7. The number of carbonyl (C=O) groups is 3. The van der Waals surface area contributed by atoms with E-state index >= 15 is 0 Å². The molecule has 8 heteroatoms. The van der Waals surface area contributed by atoms with Crippen molar-refractivity contribution in [3.63, 3.8) is 0 Å². The number of benzene rings is 1. The number of hydrogen-bond acceptors (Lipinski definition) is 5. The molecule has 25 heavy (non-hydrogen) atoms. The monoisotopic (exact) mass is 380 g/mol. The lowest BCUT2D eigenvalue weighted by atomic mass is 10.0. The summed E-state index contributed by atoms with van der Waals surface area (Å²) in [6.07, 6.45) is -0.0251. The Labute approximate surface area is 154 Å². The third-order valence-corrected chi connectivity index (χ3v) is 4.48. The lowest BCUT2D eigenvalue weighted by molar-refractivity contribution is -0.141. The number of halogens is 1. The highest BCUT2D eigenvalue weighted by atomic mass is 35.5. The standard InChI is InChI=1S/C17H17ClN2O4S/c1-24-16(22)9-13(11-4-6-12(18)7-5-11)20-15(21)10-19-17(23)14-3-2-8-25-14/h2-8,13H,9-10H2,1H3,(H,19,23)(H,20,21)/t13-/m0/s1. The maximum Gasteiger partial charge on any atom is 0.307 e. The van der Waals surface area contributed by atoms with Crippen LogP contribution in [0.3, 0.4) is 0 Å². The van der Waals surface area contributed by atoms with Crippen LogP contribution >= 0.6 is 22.9 Å². The van der Waals surface area contributed by atoms with Gasteiger partial charge in [0, 0.05) is 5.02 Å². The zero-order valence-corrected chi connectivity index (χ0v) is 15.0. The fourth-order valence-electron chi connectivity index (χ4n) is 2.10. The van der Waals surface area contributed by atoms with Crippen LogP contribution in [-0.4, -0.2) is 31.4 Å². The van der Waals surface area contributed by atoms with Crippen LogP contribution in [0.4, 0.5) is 0 Å². The van der Waals surface area contributed by atoms with E-state index in [0.717, 1.165) is 0 Å². The van der Waals surface area contributed by atoms with Gasteiger partial charge in [0.2, 0.25) is 5.91 Å². The number of ether oxygens (including phenoxy) is 1. The minimum Gasteiger partial charge on any atom is -0.469 e. The molecule has 0 aliphatic rings. The smallest absolute Gasteiger partial charge is 0.307 e. The second-order valence-electron chi connectivity index (χ2n) is 5.11. The second-order valence-corrected chi connectivity index (χ2v) is 6.50. The number of esters is 1. The number of thiophene rings is 1. The van der Waals surface area contributed by atoms with Gasteiger partial charge in [0.05, 0.1) is 31.0 Å². The molecule has 0 unspecified atom stereocenters. The molecule has 1 aromatic heterocycles. The first-order valence-electron chi connectivity index (χ1n) is 7.43. The summed E-state index contributed by atoms with van der Waals surface area (Å²) in [5, 5.41) is 7.60. The van der Waals surface area contributed by atoms with Crippen molar-refractivity contribution in [2.75, 3.05) is 13.7 Å². The van der Waals surface area contributed by atoms with Crippen LogP contribution in [-0.2, 0) is 14.3 Å². The summed E-state index contributed by atoms with van der Waals surface area (Å²) >= 11 is 7.15. The lowest BCUT2D eigenvalue weighted by Gasteiger charge is -2.18. The highest BCUT2D eigenvalue weighted by Crippen LogP contribution is 2.20. The average Bonchev–Trinajstić information content (AvgIpc) is 3.14. The quantitative estimate of drug-likeness (QED) is 0.723. The minimum atomic E-state index is -0.573. The molecule has 0 aliphatic carbocycles. The Morgan fingerprint density at radius 3 is 2.52 bits per heavy atom. The molecule has 0 fully saturated rings. The average molecular weight is 381 g/mol. The Morgan fingerprint density at radius 2 is 1.92 bits per heavy atom. The van der Waals surface area contributed by atoms with Crippen molar-refractivity contribution in [3.05, 3.63) is 57.2 Å². The van der Waals surface area contributed by atoms with Gasteiger partial charge in [-0.15, -0.1) is 11.3 Å². The van der Waals surface area contributed by atoms with Crippen LogP contribution < -0.4 is 10.6 Å². The van der Waals surface area contributed by atoms with Gasteiger partial charge < -0.3 is 15.4 Å². The van der Waals surface area contributed by atoms with Crippen molar-refractivity contribution >= 4 is 40.7 Å². The highest BCUT2D eigenvalue weighted by molar-refractivity contribution is 7.12. The van der Waals surface area contributed by atoms with Crippen LogP contribution in [0, 0.1) is 0 Å². The normalized spacial score (nSPS) is 11.4. The molecule has 0 aliphatic heterocycles. The van der Waals surface area contributed by atoms with E-state index in [1.165, 1.54) is 18.4 Å². The van der Waals surface area contributed by atoms with E-state index in [4.69, 9.17) is 11.6 Å². The minimum absolute atomic E-state index is 0.0251. The van der Waals surface area contributed by atoms with Gasteiger partial charge in [0.15, 0.2) is 0 Å². The van der Waals surface area contributed by atoms with Gasteiger partial charge in [0.25, 0.3) is 5.91 Å². The van der Waals surface area contributed by atoms with Crippen LogP contribution in [0.1, 0.15) is 27.7 Å². The van der Waals surface area contributed by atoms with Crippen molar-refractivity contribution in [2.45, 2.75) is 12.5 Å². The first-order chi connectivity index (χ1) is 12.0. The van der Waals surface area contributed by atoms with Crippen LogP contribution in [0.2, 0.25) is 5.02 Å². The third-order valence-electron chi connectivity index (χ3n) is 3.36. The van der Waals surface area contributed by atoms with Gasteiger partial charge in [-0.3, -0.25) is 14.4 Å². The van der Waals surface area contributed by atoms with Gasteiger partial charge in [-0.05, 0) is 29.1 Å². The van der Waals surface area contributed by atoms with E-state index in [1.807, 2.05) is 0 Å². The van der Waals surface area contributed by atoms with Crippen LogP contribution in [0.15, 0.2) is 41.8 Å². The van der Waals surface area contributed by atoms with Crippen molar-refractivity contribution in [1.29, 1.82) is 0 Å². The molecule has 6 nitrogen and oxygen atoms in total. The largest absolute Gasteiger partial charge is 0.469 e. The maximum absolute atomic E-state index is 12.1. The fourth-order valence-corrected chi connectivity index (χ4v) is 2.86. The number of nitrogens with one attached hydrogen (secondary N) is 2. The van der Waals surface area contributed by atoms with Gasteiger partial charge in [-0.2, -0.15) is 0 Å². The number of methoxy groups -OCH3 is 1. The second kappa shape index (κ2) is 9.19. The predicted octanol–water partition coefficient (Wildman–Crippen LogP) is 2.55. The van der Waals surface area contributed by atoms with E-state index in [1.54, 1.807) is 41.8 Å². The lowest BCUT2D eigenvalue weighted by Crippen LogP contribution is -2.39. The molecule has 2 aromatic rings. The molecule has 2 amide bonds. The summed E-state index contributed by atoms with van der Waals surface area (Å²) in [7, 11) is 1.28. The number of hydrogen-bond donors (Lipinski definition) is 2. The molecule has 132 valence electrons. The Hall–Kier alpha value is -2.38. The molecule has 2 rings (SSSR count). The first kappa shape index (κ1) is 19.0. The summed E-state index contributed by atoms with van der Waals surface area (Å²) in [4.78, 5) is 36.1. The van der Waals surface area contributed by atoms with Gasteiger partial charge in [0.1, 0.15) is 0 Å². The number of amides is 2. The zero-order valence-electron chi connectivity index (χ0n) is 13.5. The zero-order chi connectivity index (χ0) is 18.2. The van der Waals surface area contributed by atoms with E-state index in [2.05, 4.69) is 15.4 Å². The molecule has 2 N–H and O–H groups in total. The van der Waals surface area contributed by atoms with E-state index in [9.17, 15) is 14.4 Å². The fraction of sp³-hybridized carbons (Fsp3) is 0.235. The summed E-state index contributed by atoms with van der Waals surface area (Å²) < 4.78 is 4.67. The predicted molar refractivity (Wildman–Crippen MR) is 95.6 cm³/mol. The van der Waals surface area contributed by atoms with Crippen LogP contribution in [0.25, 0.3) is 0 Å². The molecule has 1 heterocycles. The van der Waals surface area contributed by atoms with Crippen molar-refractivity contribution in [3.8, 4) is 0 Å². The topological polar surface area (TPSA) is 84.5 Å². The summed E-state index contributed by atoms with van der Waals surface area (Å²) in [5.74, 6) is -1.18. The molecular formula is C17H17ClN2O4S. The van der Waals surface area contributed by atoms with E-state index < -0.39 is 17.9 Å². The SMILES string of the molecule is COC(=O)C[C@H](NC(=O)CNC(=O)c1cccs1)c1ccc(Cl)cc1. The number of carbonyl (C=O) groups excluding carboxylic acids is 3. The van der Waals surface area contributed by atoms with Gasteiger partial charge >= 0.3 is 5.97 Å². The molecule has 0 bridgehead atoms. The molecular weight excluding hydrogens is 364 g/mol. The highest BCUT2D eigenvalue weighted by Gasteiger charge is 2.19.